The molecular weight excluding hydrogens is 370 g/mol. The number of hydrogen-bond donors (Lipinski definition) is 2. The van der Waals surface area contributed by atoms with Gasteiger partial charge in [0, 0.05) is 22.2 Å². The van der Waals surface area contributed by atoms with Crippen molar-refractivity contribution in [3.05, 3.63) is 75.4 Å². The van der Waals surface area contributed by atoms with Gasteiger partial charge in [-0.15, -0.1) is 0 Å². The summed E-state index contributed by atoms with van der Waals surface area (Å²) in [6.07, 6.45) is 1.81. The molecule has 0 saturated heterocycles. The number of hydrogen-bond acceptors (Lipinski definition) is 4. The number of H-pyrrole nitrogens is 2. The zero-order valence-electron chi connectivity index (χ0n) is 16.0. The normalized spacial score (nSPS) is 11.5. The predicted octanol–water partition coefficient (Wildman–Crippen LogP) is 4.81. The Morgan fingerprint density at radius 2 is 1.89 bits per heavy atom. The summed E-state index contributed by atoms with van der Waals surface area (Å²) >= 11 is 5.34. The molecule has 0 aliphatic heterocycles. The summed E-state index contributed by atoms with van der Waals surface area (Å²) in [6, 6.07) is 14.2. The van der Waals surface area contributed by atoms with E-state index in [0.717, 1.165) is 39.0 Å². The summed E-state index contributed by atoms with van der Waals surface area (Å²) in [4.78, 5) is 3.37. The second-order valence-corrected chi connectivity index (χ2v) is 7.21. The molecule has 6 nitrogen and oxygen atoms in total. The molecule has 0 atom stereocenters. The number of fused-ring (bicyclic) bond motifs is 1. The lowest BCUT2D eigenvalue weighted by Gasteiger charge is -2.07. The molecule has 0 saturated carbocycles. The number of aromatic amines is 2. The SMILES string of the molecule is Cc1cc(C)cc(OCc2n[nH]c(=S)n2/N=C/c2c(C)[nH]c3ccccc23)c1. The van der Waals surface area contributed by atoms with Gasteiger partial charge in [0.1, 0.15) is 12.4 Å². The minimum atomic E-state index is 0.264. The monoisotopic (exact) mass is 391 g/mol. The van der Waals surface area contributed by atoms with E-state index in [1.807, 2.05) is 51.1 Å². The number of benzene rings is 2. The van der Waals surface area contributed by atoms with Crippen LogP contribution in [0.5, 0.6) is 5.75 Å². The standard InChI is InChI=1S/C21H21N5OS/c1-13-8-14(2)10-16(9-13)27-12-20-24-25-21(28)26(20)22-11-18-15(3)23-19-7-5-4-6-17(18)19/h4-11,23H,12H2,1-3H3,(H,25,28)/b22-11+. The van der Waals surface area contributed by atoms with Crippen molar-refractivity contribution in [3.63, 3.8) is 0 Å². The Balaban J connectivity index is 1.60. The fraction of sp³-hybridized carbons (Fsp3) is 0.190. The molecule has 7 heteroatoms. The quantitative estimate of drug-likeness (QED) is 0.379. The molecule has 2 heterocycles. The van der Waals surface area contributed by atoms with Crippen molar-refractivity contribution >= 4 is 29.3 Å². The van der Waals surface area contributed by atoms with Crippen LogP contribution in [0.3, 0.4) is 0 Å². The minimum Gasteiger partial charge on any atom is -0.486 e. The van der Waals surface area contributed by atoms with Crippen LogP contribution in [0.4, 0.5) is 0 Å². The number of para-hydroxylation sites is 1. The van der Waals surface area contributed by atoms with Crippen LogP contribution in [-0.2, 0) is 6.61 Å². The number of rotatable bonds is 5. The minimum absolute atomic E-state index is 0.264. The summed E-state index contributed by atoms with van der Waals surface area (Å²) in [5.41, 5.74) is 5.46. The van der Waals surface area contributed by atoms with Crippen LogP contribution < -0.4 is 4.74 Å². The molecule has 0 amide bonds. The van der Waals surface area contributed by atoms with E-state index < -0.39 is 0 Å². The molecule has 2 aromatic carbocycles. The van der Waals surface area contributed by atoms with Gasteiger partial charge in [0.2, 0.25) is 4.77 Å². The fourth-order valence-electron chi connectivity index (χ4n) is 3.28. The van der Waals surface area contributed by atoms with Crippen molar-refractivity contribution in [2.45, 2.75) is 27.4 Å². The van der Waals surface area contributed by atoms with Gasteiger partial charge in [-0.3, -0.25) is 0 Å². The second-order valence-electron chi connectivity index (χ2n) is 6.82. The highest BCUT2D eigenvalue weighted by Crippen LogP contribution is 2.20. The lowest BCUT2D eigenvalue weighted by molar-refractivity contribution is 0.290. The van der Waals surface area contributed by atoms with E-state index in [-0.39, 0.29) is 6.61 Å². The van der Waals surface area contributed by atoms with Gasteiger partial charge in [0.05, 0.1) is 6.21 Å². The molecule has 4 aromatic rings. The van der Waals surface area contributed by atoms with Gasteiger partial charge in [0.25, 0.3) is 0 Å². The number of aromatic nitrogens is 4. The molecule has 0 spiro atoms. The van der Waals surface area contributed by atoms with Gasteiger partial charge in [-0.05, 0) is 62.3 Å². The molecule has 4 rings (SSSR count). The first-order chi connectivity index (χ1) is 13.5. The molecule has 0 unspecified atom stereocenters. The van der Waals surface area contributed by atoms with Crippen LogP contribution in [0.15, 0.2) is 47.6 Å². The largest absolute Gasteiger partial charge is 0.486 e. The van der Waals surface area contributed by atoms with Gasteiger partial charge < -0.3 is 9.72 Å². The van der Waals surface area contributed by atoms with E-state index in [1.165, 1.54) is 0 Å². The molecule has 142 valence electrons. The number of ether oxygens (including phenoxy) is 1. The average molecular weight is 392 g/mol. The molecule has 0 fully saturated rings. The Kier molecular flexibility index (Phi) is 4.83. The smallest absolute Gasteiger partial charge is 0.216 e. The van der Waals surface area contributed by atoms with Crippen molar-refractivity contribution in [1.29, 1.82) is 0 Å². The second kappa shape index (κ2) is 7.44. The van der Waals surface area contributed by atoms with Gasteiger partial charge in [-0.2, -0.15) is 14.9 Å². The summed E-state index contributed by atoms with van der Waals surface area (Å²) in [7, 11) is 0. The summed E-state index contributed by atoms with van der Waals surface area (Å²) in [5.74, 6) is 1.41. The molecule has 2 N–H and O–H groups in total. The predicted molar refractivity (Wildman–Crippen MR) is 114 cm³/mol. The van der Waals surface area contributed by atoms with Crippen LogP contribution >= 0.6 is 12.2 Å². The van der Waals surface area contributed by atoms with E-state index in [4.69, 9.17) is 17.0 Å². The van der Waals surface area contributed by atoms with Gasteiger partial charge in [-0.1, -0.05) is 24.3 Å². The van der Waals surface area contributed by atoms with Crippen molar-refractivity contribution in [2.75, 3.05) is 0 Å². The van der Waals surface area contributed by atoms with Gasteiger partial charge in [-0.25, -0.2) is 5.10 Å². The summed E-state index contributed by atoms with van der Waals surface area (Å²) in [6.45, 7) is 6.38. The van der Waals surface area contributed by atoms with Gasteiger partial charge in [0.15, 0.2) is 5.82 Å². The van der Waals surface area contributed by atoms with Gasteiger partial charge >= 0.3 is 0 Å². The Bertz CT molecular complexity index is 1210. The lowest BCUT2D eigenvalue weighted by atomic mass is 10.1. The molecule has 0 aliphatic rings. The first-order valence-corrected chi connectivity index (χ1v) is 9.41. The maximum atomic E-state index is 5.91. The van der Waals surface area contributed by atoms with Crippen molar-refractivity contribution < 1.29 is 4.74 Å². The van der Waals surface area contributed by atoms with Crippen LogP contribution in [0.2, 0.25) is 0 Å². The zero-order valence-corrected chi connectivity index (χ0v) is 16.8. The first kappa shape index (κ1) is 18.2. The molecular formula is C21H21N5OS. The topological polar surface area (TPSA) is 71.0 Å². The van der Waals surface area contributed by atoms with E-state index in [1.54, 1.807) is 10.9 Å². The van der Waals surface area contributed by atoms with Crippen LogP contribution in [-0.4, -0.2) is 26.1 Å². The van der Waals surface area contributed by atoms with Crippen molar-refractivity contribution in [2.24, 2.45) is 5.10 Å². The molecule has 0 aliphatic carbocycles. The Morgan fingerprint density at radius 1 is 1.14 bits per heavy atom. The third-order valence-corrected chi connectivity index (χ3v) is 4.79. The highest BCUT2D eigenvalue weighted by atomic mass is 32.1. The maximum absolute atomic E-state index is 5.91. The molecule has 0 bridgehead atoms. The van der Waals surface area contributed by atoms with E-state index >= 15 is 0 Å². The van der Waals surface area contributed by atoms with Crippen LogP contribution in [0.1, 0.15) is 28.2 Å². The van der Waals surface area contributed by atoms with E-state index in [9.17, 15) is 0 Å². The third-order valence-electron chi connectivity index (χ3n) is 4.53. The van der Waals surface area contributed by atoms with Crippen molar-refractivity contribution in [1.82, 2.24) is 19.9 Å². The molecule has 2 aromatic heterocycles. The number of aryl methyl sites for hydroxylation is 3. The number of nitrogens with one attached hydrogen (secondary N) is 2. The third kappa shape index (κ3) is 3.61. The molecule has 28 heavy (non-hydrogen) atoms. The number of nitrogens with zero attached hydrogens (tertiary/aromatic N) is 3. The van der Waals surface area contributed by atoms with E-state index in [0.29, 0.717) is 10.6 Å². The molecule has 0 radical (unpaired) electrons. The van der Waals surface area contributed by atoms with Crippen molar-refractivity contribution in [3.8, 4) is 5.75 Å². The Morgan fingerprint density at radius 3 is 2.68 bits per heavy atom. The summed E-state index contributed by atoms with van der Waals surface area (Å²) in [5, 5.41) is 12.7. The van der Waals surface area contributed by atoms with Crippen LogP contribution in [0, 0.1) is 25.5 Å². The van der Waals surface area contributed by atoms with Crippen LogP contribution in [0.25, 0.3) is 10.9 Å². The summed E-state index contributed by atoms with van der Waals surface area (Å²) < 4.78 is 7.93. The Labute approximate surface area is 167 Å². The highest BCUT2D eigenvalue weighted by Gasteiger charge is 2.09. The van der Waals surface area contributed by atoms with E-state index in [2.05, 4.69) is 32.4 Å². The fourth-order valence-corrected chi connectivity index (χ4v) is 3.48. The zero-order chi connectivity index (χ0) is 19.7. The lowest BCUT2D eigenvalue weighted by Crippen LogP contribution is -2.04. The maximum Gasteiger partial charge on any atom is 0.216 e. The Hall–Kier alpha value is -3.19. The highest BCUT2D eigenvalue weighted by molar-refractivity contribution is 7.71. The first-order valence-electron chi connectivity index (χ1n) is 9.00. The average Bonchev–Trinajstić information content (AvgIpc) is 3.16.